The van der Waals surface area contributed by atoms with Crippen LogP contribution in [-0.2, 0) is 11.2 Å². The highest BCUT2D eigenvalue weighted by Gasteiger charge is 2.42. The van der Waals surface area contributed by atoms with Gasteiger partial charge in [-0.2, -0.15) is 0 Å². The van der Waals surface area contributed by atoms with Crippen molar-refractivity contribution in [3.05, 3.63) is 35.1 Å². The summed E-state index contributed by atoms with van der Waals surface area (Å²) in [4.78, 5) is 14.7. The molecule has 1 aliphatic carbocycles. The Bertz CT molecular complexity index is 476. The fourth-order valence-electron chi connectivity index (χ4n) is 3.10. The van der Waals surface area contributed by atoms with E-state index in [4.69, 9.17) is 0 Å². The van der Waals surface area contributed by atoms with Gasteiger partial charge in [-0.3, -0.25) is 9.69 Å². The van der Waals surface area contributed by atoms with E-state index in [1.807, 2.05) is 21.0 Å². The van der Waals surface area contributed by atoms with Gasteiger partial charge < -0.3 is 0 Å². The number of hydrogen-bond acceptors (Lipinski definition) is 2. The third-order valence-corrected chi connectivity index (χ3v) is 4.47. The Labute approximate surface area is 114 Å². The number of carbonyl (C=O) groups is 1. The summed E-state index contributed by atoms with van der Waals surface area (Å²) in [5, 5.41) is 0. The SMILES string of the molecule is Cc1ccc(F)cc1CC(=O)C1(N(C)C)CCCC1. The summed E-state index contributed by atoms with van der Waals surface area (Å²) in [5.74, 6) is -0.0394. The molecule has 3 heteroatoms. The molecule has 0 saturated heterocycles. The normalized spacial score (nSPS) is 17.9. The number of ketones is 1. The summed E-state index contributed by atoms with van der Waals surface area (Å²) in [5.41, 5.74) is 1.47. The first-order chi connectivity index (χ1) is 8.95. The molecule has 0 heterocycles. The first-order valence-corrected chi connectivity index (χ1v) is 6.91. The van der Waals surface area contributed by atoms with Gasteiger partial charge in [0.15, 0.2) is 5.78 Å². The summed E-state index contributed by atoms with van der Waals surface area (Å²) in [6, 6.07) is 4.68. The Kier molecular flexibility index (Phi) is 4.04. The topological polar surface area (TPSA) is 20.3 Å². The van der Waals surface area contributed by atoms with Gasteiger partial charge in [-0.25, -0.2) is 4.39 Å². The molecule has 1 aromatic rings. The van der Waals surface area contributed by atoms with Gasteiger partial charge in [0.1, 0.15) is 5.82 Å². The molecule has 0 aliphatic heterocycles. The fourth-order valence-corrected chi connectivity index (χ4v) is 3.10. The molecule has 1 saturated carbocycles. The van der Waals surface area contributed by atoms with Gasteiger partial charge in [0.25, 0.3) is 0 Å². The third-order valence-electron chi connectivity index (χ3n) is 4.47. The highest BCUT2D eigenvalue weighted by Crippen LogP contribution is 2.35. The molecule has 1 aliphatic rings. The summed E-state index contributed by atoms with van der Waals surface area (Å²) in [7, 11) is 3.95. The van der Waals surface area contributed by atoms with E-state index >= 15 is 0 Å². The first-order valence-electron chi connectivity index (χ1n) is 6.91. The van der Waals surface area contributed by atoms with Gasteiger partial charge in [-0.15, -0.1) is 0 Å². The molecule has 0 aromatic heterocycles. The molecule has 2 rings (SSSR count). The van der Waals surface area contributed by atoms with Crippen LogP contribution in [0.25, 0.3) is 0 Å². The van der Waals surface area contributed by atoms with Gasteiger partial charge in [0.2, 0.25) is 0 Å². The van der Waals surface area contributed by atoms with Crippen molar-refractivity contribution in [2.75, 3.05) is 14.1 Å². The molecule has 0 N–H and O–H groups in total. The predicted octanol–water partition coefficient (Wildman–Crippen LogP) is 3.12. The number of Topliss-reactive ketones (excluding diaryl/α,β-unsaturated/α-hetero) is 1. The molecular weight excluding hydrogens is 241 g/mol. The number of hydrogen-bond donors (Lipinski definition) is 0. The largest absolute Gasteiger partial charge is 0.297 e. The average molecular weight is 263 g/mol. The lowest BCUT2D eigenvalue weighted by Crippen LogP contribution is -2.49. The second kappa shape index (κ2) is 5.41. The molecule has 0 bridgehead atoms. The van der Waals surface area contributed by atoms with Crippen molar-refractivity contribution in [2.45, 2.75) is 44.6 Å². The predicted molar refractivity (Wildman–Crippen MR) is 74.7 cm³/mol. The fraction of sp³-hybridized carbons (Fsp3) is 0.562. The summed E-state index contributed by atoms with van der Waals surface area (Å²) >= 11 is 0. The number of aryl methyl sites for hydroxylation is 1. The lowest BCUT2D eigenvalue weighted by molar-refractivity contribution is -0.128. The van der Waals surface area contributed by atoms with Crippen LogP contribution in [0, 0.1) is 12.7 Å². The number of carbonyl (C=O) groups excluding carboxylic acids is 1. The quantitative estimate of drug-likeness (QED) is 0.832. The Hall–Kier alpha value is -1.22. The van der Waals surface area contributed by atoms with Gasteiger partial charge in [0.05, 0.1) is 5.54 Å². The molecular formula is C16H22FNO. The minimum Gasteiger partial charge on any atom is -0.297 e. The van der Waals surface area contributed by atoms with Gasteiger partial charge >= 0.3 is 0 Å². The first kappa shape index (κ1) is 14.2. The maximum atomic E-state index is 13.3. The van der Waals surface area contributed by atoms with Crippen LogP contribution in [0.3, 0.4) is 0 Å². The van der Waals surface area contributed by atoms with Gasteiger partial charge in [-0.1, -0.05) is 18.9 Å². The summed E-state index contributed by atoms with van der Waals surface area (Å²) in [6.07, 6.45) is 4.39. The van der Waals surface area contributed by atoms with Crippen molar-refractivity contribution in [3.63, 3.8) is 0 Å². The molecule has 0 atom stereocenters. The van der Waals surface area contributed by atoms with E-state index in [1.54, 1.807) is 6.07 Å². The Balaban J connectivity index is 2.22. The van der Waals surface area contributed by atoms with Crippen molar-refractivity contribution in [3.8, 4) is 0 Å². The highest BCUT2D eigenvalue weighted by molar-refractivity contribution is 5.90. The maximum absolute atomic E-state index is 13.3. The zero-order valence-electron chi connectivity index (χ0n) is 12.0. The van der Waals surface area contributed by atoms with E-state index in [0.717, 1.165) is 36.8 Å². The van der Waals surface area contributed by atoms with Crippen LogP contribution in [0.1, 0.15) is 36.8 Å². The molecule has 104 valence electrons. The number of halogens is 1. The van der Waals surface area contributed by atoms with E-state index in [9.17, 15) is 9.18 Å². The maximum Gasteiger partial charge on any atom is 0.157 e. The van der Waals surface area contributed by atoms with Crippen LogP contribution in [0.5, 0.6) is 0 Å². The molecule has 0 radical (unpaired) electrons. The van der Waals surface area contributed by atoms with E-state index in [2.05, 4.69) is 4.90 Å². The number of benzene rings is 1. The standard InChI is InChI=1S/C16H22FNO/c1-12-6-7-14(17)10-13(12)11-15(19)16(18(2)3)8-4-5-9-16/h6-7,10H,4-5,8-9,11H2,1-3H3. The Morgan fingerprint density at radius 1 is 1.32 bits per heavy atom. The molecule has 2 nitrogen and oxygen atoms in total. The lowest BCUT2D eigenvalue weighted by atomic mass is 9.86. The summed E-state index contributed by atoms with van der Waals surface area (Å²) in [6.45, 7) is 1.93. The molecule has 1 fully saturated rings. The zero-order valence-corrected chi connectivity index (χ0v) is 12.0. The second-order valence-corrected chi connectivity index (χ2v) is 5.80. The lowest BCUT2D eigenvalue weighted by Gasteiger charge is -2.35. The molecule has 19 heavy (non-hydrogen) atoms. The van der Waals surface area contributed by atoms with Crippen LogP contribution in [-0.4, -0.2) is 30.3 Å². The van der Waals surface area contributed by atoms with E-state index in [-0.39, 0.29) is 17.1 Å². The number of likely N-dealkylation sites (N-methyl/N-ethyl adjacent to an activating group) is 1. The van der Waals surface area contributed by atoms with E-state index in [1.165, 1.54) is 12.1 Å². The van der Waals surface area contributed by atoms with Crippen LogP contribution in [0.15, 0.2) is 18.2 Å². The van der Waals surface area contributed by atoms with E-state index < -0.39 is 0 Å². The van der Waals surface area contributed by atoms with Crippen LogP contribution in [0.2, 0.25) is 0 Å². The van der Waals surface area contributed by atoms with Crippen molar-refractivity contribution in [1.29, 1.82) is 0 Å². The van der Waals surface area contributed by atoms with Crippen LogP contribution in [0.4, 0.5) is 4.39 Å². The highest BCUT2D eigenvalue weighted by atomic mass is 19.1. The van der Waals surface area contributed by atoms with E-state index in [0.29, 0.717) is 6.42 Å². The smallest absolute Gasteiger partial charge is 0.157 e. The Morgan fingerprint density at radius 2 is 1.95 bits per heavy atom. The van der Waals surface area contributed by atoms with Gasteiger partial charge in [0, 0.05) is 6.42 Å². The second-order valence-electron chi connectivity index (χ2n) is 5.80. The minimum atomic E-state index is -0.335. The number of rotatable bonds is 4. The molecule has 0 unspecified atom stereocenters. The molecule has 1 aromatic carbocycles. The summed E-state index contributed by atoms with van der Waals surface area (Å²) < 4.78 is 13.3. The molecule has 0 spiro atoms. The van der Waals surface area contributed by atoms with Gasteiger partial charge in [-0.05, 0) is 57.1 Å². The average Bonchev–Trinajstić information content (AvgIpc) is 2.84. The zero-order chi connectivity index (χ0) is 14.0. The molecule has 0 amide bonds. The van der Waals surface area contributed by atoms with Crippen molar-refractivity contribution < 1.29 is 9.18 Å². The van der Waals surface area contributed by atoms with Crippen LogP contribution >= 0.6 is 0 Å². The third kappa shape index (κ3) is 2.71. The Morgan fingerprint density at radius 3 is 2.53 bits per heavy atom. The van der Waals surface area contributed by atoms with Crippen LogP contribution < -0.4 is 0 Å². The van der Waals surface area contributed by atoms with Crippen molar-refractivity contribution in [1.82, 2.24) is 4.90 Å². The monoisotopic (exact) mass is 263 g/mol. The van der Waals surface area contributed by atoms with Crippen molar-refractivity contribution >= 4 is 5.78 Å². The van der Waals surface area contributed by atoms with Crippen molar-refractivity contribution in [2.24, 2.45) is 0 Å². The number of nitrogens with zero attached hydrogens (tertiary/aromatic N) is 1. The minimum absolute atomic E-state index is 0.226.